The number of morpholine rings is 1. The van der Waals surface area contributed by atoms with Crippen LogP contribution in [0.2, 0.25) is 0 Å². The molecule has 1 N–H and O–H groups in total. The topological polar surface area (TPSA) is 80.8 Å². The van der Waals surface area contributed by atoms with E-state index in [1.165, 1.54) is 20.2 Å². The first kappa shape index (κ1) is 15.2. The molecule has 7 nitrogen and oxygen atoms in total. The molecule has 0 spiro atoms. The van der Waals surface area contributed by atoms with Gasteiger partial charge < -0.3 is 19.7 Å². The van der Waals surface area contributed by atoms with E-state index in [0.29, 0.717) is 37.7 Å². The van der Waals surface area contributed by atoms with Crippen LogP contribution in [0.1, 0.15) is 17.3 Å². The summed E-state index contributed by atoms with van der Waals surface area (Å²) in [7, 11) is 1.50. The molecule has 2 heterocycles. The van der Waals surface area contributed by atoms with Crippen LogP contribution in [0.25, 0.3) is 0 Å². The number of amides is 2. The van der Waals surface area contributed by atoms with Gasteiger partial charge in [-0.25, -0.2) is 4.98 Å². The fourth-order valence-electron chi connectivity index (χ4n) is 2.10. The van der Waals surface area contributed by atoms with Crippen molar-refractivity contribution in [2.24, 2.45) is 0 Å². The molecular weight excluding hydrogens is 274 g/mol. The van der Waals surface area contributed by atoms with Gasteiger partial charge in [-0.1, -0.05) is 0 Å². The average molecular weight is 293 g/mol. The molecule has 2 amide bonds. The summed E-state index contributed by atoms with van der Waals surface area (Å²) in [6.45, 7) is 3.47. The lowest BCUT2D eigenvalue weighted by atomic mass is 10.2. The second-order valence-corrected chi connectivity index (χ2v) is 4.75. The van der Waals surface area contributed by atoms with E-state index < -0.39 is 0 Å². The lowest BCUT2D eigenvalue weighted by Crippen LogP contribution is -2.49. The molecule has 1 aliphatic heterocycles. The van der Waals surface area contributed by atoms with Gasteiger partial charge in [-0.15, -0.1) is 0 Å². The van der Waals surface area contributed by atoms with Gasteiger partial charge in [-0.3, -0.25) is 9.59 Å². The molecule has 1 atom stereocenters. The normalized spacial score (nSPS) is 18.2. The number of nitrogens with zero attached hydrogens (tertiary/aromatic N) is 2. The van der Waals surface area contributed by atoms with Gasteiger partial charge in [-0.05, 0) is 6.07 Å². The number of hydrogen-bond donors (Lipinski definition) is 1. The fraction of sp³-hybridized carbons (Fsp3) is 0.500. The standard InChI is InChI=1S/C14H19N3O4/c1-10(18)17-5-6-21-12(9-17)8-16-14(19)11-3-4-15-13(7-11)20-2/h3-4,7,12H,5-6,8-9H2,1-2H3,(H,16,19)/t12-/m0/s1. The molecule has 0 radical (unpaired) electrons. The van der Waals surface area contributed by atoms with E-state index in [1.54, 1.807) is 17.0 Å². The van der Waals surface area contributed by atoms with Crippen LogP contribution < -0.4 is 10.1 Å². The van der Waals surface area contributed by atoms with Gasteiger partial charge in [0, 0.05) is 44.4 Å². The minimum absolute atomic E-state index is 0.0218. The largest absolute Gasteiger partial charge is 0.481 e. The quantitative estimate of drug-likeness (QED) is 0.849. The van der Waals surface area contributed by atoms with Gasteiger partial charge in [0.25, 0.3) is 5.91 Å². The molecule has 1 aromatic rings. The highest BCUT2D eigenvalue weighted by atomic mass is 16.5. The summed E-state index contributed by atoms with van der Waals surface area (Å²) in [4.78, 5) is 29.0. The number of ether oxygens (including phenoxy) is 2. The predicted molar refractivity (Wildman–Crippen MR) is 75.1 cm³/mol. The summed E-state index contributed by atoms with van der Waals surface area (Å²) in [6, 6.07) is 3.18. The smallest absolute Gasteiger partial charge is 0.251 e. The first-order chi connectivity index (χ1) is 10.1. The van der Waals surface area contributed by atoms with Crippen LogP contribution >= 0.6 is 0 Å². The van der Waals surface area contributed by atoms with Gasteiger partial charge in [0.1, 0.15) is 0 Å². The van der Waals surface area contributed by atoms with E-state index in [-0.39, 0.29) is 17.9 Å². The van der Waals surface area contributed by atoms with Gasteiger partial charge in [-0.2, -0.15) is 0 Å². The average Bonchev–Trinajstić information content (AvgIpc) is 2.53. The second-order valence-electron chi connectivity index (χ2n) is 4.75. The zero-order valence-corrected chi connectivity index (χ0v) is 12.2. The number of carbonyl (C=O) groups excluding carboxylic acids is 2. The van der Waals surface area contributed by atoms with Crippen LogP contribution in [0.3, 0.4) is 0 Å². The Balaban J connectivity index is 1.87. The Labute approximate surface area is 123 Å². The molecule has 2 rings (SSSR count). The maximum Gasteiger partial charge on any atom is 0.251 e. The Bertz CT molecular complexity index is 521. The molecule has 0 unspecified atom stereocenters. The van der Waals surface area contributed by atoms with E-state index in [0.717, 1.165) is 0 Å². The first-order valence-electron chi connectivity index (χ1n) is 6.75. The van der Waals surface area contributed by atoms with Crippen molar-refractivity contribution in [3.63, 3.8) is 0 Å². The fourth-order valence-corrected chi connectivity index (χ4v) is 2.10. The van der Waals surface area contributed by atoms with Crippen molar-refractivity contribution in [1.82, 2.24) is 15.2 Å². The molecule has 7 heteroatoms. The summed E-state index contributed by atoms with van der Waals surface area (Å²) in [5, 5.41) is 2.79. The molecule has 0 saturated carbocycles. The van der Waals surface area contributed by atoms with Crippen LogP contribution in [0.5, 0.6) is 5.88 Å². The minimum atomic E-state index is -0.223. The highest BCUT2D eigenvalue weighted by molar-refractivity contribution is 5.94. The van der Waals surface area contributed by atoms with Crippen molar-refractivity contribution in [1.29, 1.82) is 0 Å². The zero-order valence-electron chi connectivity index (χ0n) is 12.2. The number of nitrogens with one attached hydrogen (secondary N) is 1. The van der Waals surface area contributed by atoms with Gasteiger partial charge in [0.15, 0.2) is 0 Å². The second kappa shape index (κ2) is 7.03. The van der Waals surface area contributed by atoms with E-state index >= 15 is 0 Å². The highest BCUT2D eigenvalue weighted by Gasteiger charge is 2.22. The van der Waals surface area contributed by atoms with Crippen LogP contribution in [0, 0.1) is 0 Å². The summed E-state index contributed by atoms with van der Waals surface area (Å²) in [5.74, 6) is 0.187. The molecule has 21 heavy (non-hydrogen) atoms. The van der Waals surface area contributed by atoms with Crippen molar-refractivity contribution in [2.45, 2.75) is 13.0 Å². The summed E-state index contributed by atoms with van der Waals surface area (Å²) in [6.07, 6.45) is 1.33. The lowest BCUT2D eigenvalue weighted by Gasteiger charge is -2.32. The van der Waals surface area contributed by atoms with Crippen LogP contribution in [0.4, 0.5) is 0 Å². The Morgan fingerprint density at radius 3 is 3.10 bits per heavy atom. The number of methoxy groups -OCH3 is 1. The van der Waals surface area contributed by atoms with Crippen molar-refractivity contribution >= 4 is 11.8 Å². The Kier molecular flexibility index (Phi) is 5.10. The Morgan fingerprint density at radius 1 is 1.57 bits per heavy atom. The zero-order chi connectivity index (χ0) is 15.2. The molecule has 0 aliphatic carbocycles. The van der Waals surface area contributed by atoms with Crippen molar-refractivity contribution < 1.29 is 19.1 Å². The minimum Gasteiger partial charge on any atom is -0.481 e. The summed E-state index contributed by atoms with van der Waals surface area (Å²) >= 11 is 0. The lowest BCUT2D eigenvalue weighted by molar-refractivity contribution is -0.136. The molecule has 1 aliphatic rings. The third kappa shape index (κ3) is 4.16. The molecule has 0 bridgehead atoms. The number of rotatable bonds is 4. The molecule has 0 aromatic carbocycles. The van der Waals surface area contributed by atoms with Gasteiger partial charge in [0.05, 0.1) is 19.8 Å². The summed E-state index contributed by atoms with van der Waals surface area (Å²) in [5.41, 5.74) is 0.473. The van der Waals surface area contributed by atoms with Crippen molar-refractivity contribution in [3.05, 3.63) is 23.9 Å². The molecule has 1 aromatic heterocycles. The van der Waals surface area contributed by atoms with Crippen molar-refractivity contribution in [3.8, 4) is 5.88 Å². The Morgan fingerprint density at radius 2 is 2.38 bits per heavy atom. The maximum absolute atomic E-state index is 12.0. The predicted octanol–water partition coefficient (Wildman–Crippen LogP) is 0.0673. The van der Waals surface area contributed by atoms with Gasteiger partial charge >= 0.3 is 0 Å². The number of aromatic nitrogens is 1. The molecular formula is C14H19N3O4. The van der Waals surface area contributed by atoms with Crippen LogP contribution in [-0.4, -0.2) is 61.2 Å². The van der Waals surface area contributed by atoms with Crippen LogP contribution in [-0.2, 0) is 9.53 Å². The van der Waals surface area contributed by atoms with Crippen LogP contribution in [0.15, 0.2) is 18.3 Å². The van der Waals surface area contributed by atoms with Gasteiger partial charge in [0.2, 0.25) is 11.8 Å². The van der Waals surface area contributed by atoms with E-state index in [2.05, 4.69) is 10.3 Å². The van der Waals surface area contributed by atoms with E-state index in [1.807, 2.05) is 0 Å². The number of pyridine rings is 1. The molecule has 1 fully saturated rings. The SMILES string of the molecule is COc1cc(C(=O)NC[C@H]2CN(C(C)=O)CCO2)ccn1. The van der Waals surface area contributed by atoms with E-state index in [9.17, 15) is 9.59 Å². The maximum atomic E-state index is 12.0. The highest BCUT2D eigenvalue weighted by Crippen LogP contribution is 2.09. The number of carbonyl (C=O) groups is 2. The van der Waals surface area contributed by atoms with E-state index in [4.69, 9.17) is 9.47 Å². The monoisotopic (exact) mass is 293 g/mol. The molecule has 114 valence electrons. The van der Waals surface area contributed by atoms with Crippen molar-refractivity contribution in [2.75, 3.05) is 33.4 Å². The first-order valence-corrected chi connectivity index (χ1v) is 6.75. The third-order valence-corrected chi connectivity index (χ3v) is 3.28. The summed E-state index contributed by atoms with van der Waals surface area (Å²) < 4.78 is 10.5. The third-order valence-electron chi connectivity index (χ3n) is 3.28. The Hall–Kier alpha value is -2.15. The number of hydrogen-bond acceptors (Lipinski definition) is 5. The molecule has 1 saturated heterocycles.